The van der Waals surface area contributed by atoms with E-state index in [2.05, 4.69) is 0 Å². The normalized spacial score (nSPS) is 39.5. The van der Waals surface area contributed by atoms with Crippen LogP contribution in [0.2, 0.25) is 0 Å². The molecule has 0 amide bonds. The molecule has 4 aliphatic rings. The number of aliphatic hydroxyl groups is 2. The fourth-order valence-corrected chi connectivity index (χ4v) is 8.76. The number of carbonyl (C=O) groups excluding carboxylic acids is 3. The summed E-state index contributed by atoms with van der Waals surface area (Å²) in [5.74, 6) is -3.93. The van der Waals surface area contributed by atoms with Crippen molar-refractivity contribution in [3.05, 3.63) is 53.6 Å². The summed E-state index contributed by atoms with van der Waals surface area (Å²) < 4.78 is 56.3. The summed E-state index contributed by atoms with van der Waals surface area (Å²) >= 11 is 0. The molecule has 0 aromatic heterocycles. The molecule has 12 heteroatoms. The number of alkyl halides is 1. The maximum atomic E-state index is 17.3. The predicted octanol–water partition coefficient (Wildman–Crippen LogP) is -0.331. The van der Waals surface area contributed by atoms with Gasteiger partial charge in [0.05, 0.1) is 16.6 Å². The molecule has 9 nitrogen and oxygen atoms in total. The standard InChI is InChI=1S/C29H33FO9S.Na/c1-16-11-22-21-8-7-18-13-19(31)9-10-26(18,2)28(21,30)23(32)14-27(22,3)29(16,35)24(33)15-39-25(34)17-5-4-6-20(12-17)40(36,37)38;/h4-6,9-10,12-13,16,21-23,32,35H,7-8,11,14-15H2,1-3H3,(H,36,37,38);/q;+1/p-1/t16?,21?,22?,23?,26-,27-,28?,29?;/m0./s1. The van der Waals surface area contributed by atoms with E-state index in [0.29, 0.717) is 24.8 Å². The van der Waals surface area contributed by atoms with Crippen LogP contribution in [0.1, 0.15) is 56.8 Å². The van der Waals surface area contributed by atoms with Crippen molar-refractivity contribution in [2.24, 2.45) is 28.6 Å². The third kappa shape index (κ3) is 4.54. The van der Waals surface area contributed by atoms with Gasteiger partial charge in [-0.05, 0) is 74.8 Å². The number of ketones is 2. The van der Waals surface area contributed by atoms with Gasteiger partial charge >= 0.3 is 35.5 Å². The topological polar surface area (TPSA) is 158 Å². The molecule has 0 bridgehead atoms. The Morgan fingerprint density at radius 3 is 2.56 bits per heavy atom. The average molecular weight is 599 g/mol. The number of allylic oxidation sites excluding steroid dienone is 4. The molecule has 2 N–H and O–H groups in total. The van der Waals surface area contributed by atoms with Gasteiger partial charge in [0, 0.05) is 16.7 Å². The molecule has 4 aliphatic carbocycles. The van der Waals surface area contributed by atoms with Gasteiger partial charge < -0.3 is 19.5 Å². The van der Waals surface area contributed by atoms with Gasteiger partial charge in [0.2, 0.25) is 5.78 Å². The van der Waals surface area contributed by atoms with Crippen LogP contribution in [-0.2, 0) is 24.4 Å². The Labute approximate surface area is 260 Å². The molecule has 3 saturated carbocycles. The number of rotatable bonds is 5. The molecule has 216 valence electrons. The fraction of sp³-hybridized carbons (Fsp3) is 0.552. The second-order valence-electron chi connectivity index (χ2n) is 12.1. The van der Waals surface area contributed by atoms with Crippen molar-refractivity contribution in [3.63, 3.8) is 0 Å². The minimum Gasteiger partial charge on any atom is -0.744 e. The number of carbonyl (C=O) groups is 3. The van der Waals surface area contributed by atoms with Crippen LogP contribution in [-0.4, -0.2) is 64.7 Å². The van der Waals surface area contributed by atoms with Crippen LogP contribution in [0.15, 0.2) is 53.0 Å². The van der Waals surface area contributed by atoms with Crippen molar-refractivity contribution in [3.8, 4) is 0 Å². The largest absolute Gasteiger partial charge is 1.00 e. The Bertz CT molecular complexity index is 1470. The second kappa shape index (κ2) is 10.5. The predicted molar refractivity (Wildman–Crippen MR) is 138 cm³/mol. The third-order valence-electron chi connectivity index (χ3n) is 10.3. The van der Waals surface area contributed by atoms with E-state index in [4.69, 9.17) is 4.74 Å². The Balaban J connectivity index is 0.00000387. The van der Waals surface area contributed by atoms with Gasteiger partial charge in [-0.25, -0.2) is 17.6 Å². The summed E-state index contributed by atoms with van der Waals surface area (Å²) in [4.78, 5) is 37.5. The van der Waals surface area contributed by atoms with E-state index in [1.165, 1.54) is 30.4 Å². The van der Waals surface area contributed by atoms with Crippen molar-refractivity contribution in [2.75, 3.05) is 6.61 Å². The maximum Gasteiger partial charge on any atom is 1.00 e. The van der Waals surface area contributed by atoms with Gasteiger partial charge in [-0.3, -0.25) is 9.59 Å². The Kier molecular flexibility index (Phi) is 8.22. The van der Waals surface area contributed by atoms with Crippen molar-refractivity contribution in [1.82, 2.24) is 0 Å². The summed E-state index contributed by atoms with van der Waals surface area (Å²) in [7, 11) is -4.82. The van der Waals surface area contributed by atoms with E-state index in [1.54, 1.807) is 20.8 Å². The number of esters is 1. The summed E-state index contributed by atoms with van der Waals surface area (Å²) in [5.41, 5.74) is -6.24. The molecule has 41 heavy (non-hydrogen) atoms. The Hall–Kier alpha value is -1.73. The van der Waals surface area contributed by atoms with E-state index in [1.807, 2.05) is 0 Å². The SMILES string of the molecule is CC1CC2C3CCC4=CC(=O)C=C[C@]4(C)C3(F)C(O)C[C@]2(C)C1(O)C(=O)COC(=O)c1cccc(S(=O)(=O)[O-])c1.[Na+]. The number of aliphatic hydroxyl groups excluding tert-OH is 1. The smallest absolute Gasteiger partial charge is 0.744 e. The first-order valence-electron chi connectivity index (χ1n) is 13.3. The molecule has 0 radical (unpaired) electrons. The minimum atomic E-state index is -4.82. The van der Waals surface area contributed by atoms with Gasteiger partial charge in [0.25, 0.3) is 0 Å². The molecule has 8 atom stereocenters. The van der Waals surface area contributed by atoms with Crippen LogP contribution in [0, 0.1) is 28.6 Å². The van der Waals surface area contributed by atoms with E-state index < -0.39 is 79.3 Å². The van der Waals surface area contributed by atoms with Crippen LogP contribution in [0.25, 0.3) is 0 Å². The zero-order valence-corrected chi connectivity index (χ0v) is 26.2. The van der Waals surface area contributed by atoms with Gasteiger partial charge in [-0.1, -0.05) is 31.6 Å². The molecule has 0 aliphatic heterocycles. The molecular weight excluding hydrogens is 566 g/mol. The minimum absolute atomic E-state index is 0. The summed E-state index contributed by atoms with van der Waals surface area (Å²) in [6, 6.07) is 4.29. The number of fused-ring (bicyclic) bond motifs is 5. The van der Waals surface area contributed by atoms with Crippen LogP contribution in [0.5, 0.6) is 0 Å². The maximum absolute atomic E-state index is 17.3. The Morgan fingerprint density at radius 1 is 1.22 bits per heavy atom. The molecular formula is C29H32FNaO9S. The van der Waals surface area contributed by atoms with Crippen LogP contribution in [0.3, 0.4) is 0 Å². The van der Waals surface area contributed by atoms with Crippen molar-refractivity contribution < 1.29 is 76.3 Å². The monoisotopic (exact) mass is 598 g/mol. The fourth-order valence-electron chi connectivity index (χ4n) is 8.24. The number of halogens is 1. The molecule has 6 unspecified atom stereocenters. The van der Waals surface area contributed by atoms with Crippen molar-refractivity contribution in [1.29, 1.82) is 0 Å². The van der Waals surface area contributed by atoms with Crippen LogP contribution in [0.4, 0.5) is 4.39 Å². The van der Waals surface area contributed by atoms with Gasteiger partial charge in [-0.2, -0.15) is 0 Å². The van der Waals surface area contributed by atoms with Crippen molar-refractivity contribution >= 4 is 27.7 Å². The number of hydrogen-bond donors (Lipinski definition) is 2. The zero-order valence-electron chi connectivity index (χ0n) is 23.4. The second-order valence-corrected chi connectivity index (χ2v) is 13.5. The van der Waals surface area contributed by atoms with E-state index in [9.17, 15) is 37.6 Å². The number of ether oxygens (including phenoxy) is 1. The summed E-state index contributed by atoms with van der Waals surface area (Å²) in [6.07, 6.45) is 3.60. The van der Waals surface area contributed by atoms with Crippen LogP contribution < -0.4 is 29.6 Å². The first kappa shape index (κ1) is 32.2. The third-order valence-corrected chi connectivity index (χ3v) is 11.2. The van der Waals surface area contributed by atoms with Gasteiger partial charge in [0.15, 0.2) is 18.1 Å². The summed E-state index contributed by atoms with van der Waals surface area (Å²) in [6.45, 7) is 4.18. The summed E-state index contributed by atoms with van der Waals surface area (Å²) in [5, 5.41) is 23.4. The molecule has 3 fully saturated rings. The molecule has 1 aromatic rings. The van der Waals surface area contributed by atoms with E-state index in [0.717, 1.165) is 12.1 Å². The van der Waals surface area contributed by atoms with Crippen LogP contribution >= 0.6 is 0 Å². The van der Waals surface area contributed by atoms with Gasteiger partial charge in [-0.15, -0.1) is 0 Å². The molecule has 0 spiro atoms. The molecule has 5 rings (SSSR count). The number of Topliss-reactive ketones (excluding diaryl/α,β-unsaturated/α-hetero) is 1. The Morgan fingerprint density at radius 2 is 1.90 bits per heavy atom. The first-order valence-corrected chi connectivity index (χ1v) is 14.7. The van der Waals surface area contributed by atoms with E-state index >= 15 is 4.39 Å². The van der Waals surface area contributed by atoms with Gasteiger partial charge in [0.1, 0.15) is 15.7 Å². The quantitative estimate of drug-likeness (QED) is 0.263. The molecule has 1 aromatic carbocycles. The van der Waals surface area contributed by atoms with Crippen molar-refractivity contribution in [2.45, 2.75) is 68.7 Å². The zero-order chi connectivity index (χ0) is 29.5. The number of hydrogen-bond acceptors (Lipinski definition) is 9. The number of benzene rings is 1. The first-order chi connectivity index (χ1) is 18.5. The molecule has 0 heterocycles. The molecule has 0 saturated heterocycles. The van der Waals surface area contributed by atoms with E-state index in [-0.39, 0.29) is 47.3 Å². The average Bonchev–Trinajstić information content (AvgIpc) is 3.09.